The molecule has 0 bridgehead atoms. The van der Waals surface area contributed by atoms with Crippen molar-refractivity contribution in [2.75, 3.05) is 0 Å². The maximum absolute atomic E-state index is 11.9. The Morgan fingerprint density at radius 2 is 1.68 bits per heavy atom. The van der Waals surface area contributed by atoms with Crippen molar-refractivity contribution in [2.24, 2.45) is 0 Å². The Hall–Kier alpha value is -2.62. The number of hydrogen-bond donors (Lipinski definition) is 1. The fraction of sp³-hybridized carbons (Fsp3) is 0.0667. The van der Waals surface area contributed by atoms with E-state index in [4.69, 9.17) is 4.52 Å². The van der Waals surface area contributed by atoms with Crippen molar-refractivity contribution in [2.45, 2.75) is 6.92 Å². The Labute approximate surface area is 109 Å². The molecule has 94 valence electrons. The average molecular weight is 253 g/mol. The molecule has 0 aliphatic carbocycles. The summed E-state index contributed by atoms with van der Waals surface area (Å²) in [4.78, 5) is 11.9. The van der Waals surface area contributed by atoms with Crippen molar-refractivity contribution in [3.8, 4) is 16.9 Å². The monoisotopic (exact) mass is 253 g/mol. The van der Waals surface area contributed by atoms with Crippen LogP contribution in [-0.4, -0.2) is 5.27 Å². The Morgan fingerprint density at radius 3 is 2.42 bits per heavy atom. The number of benzene rings is 2. The van der Waals surface area contributed by atoms with E-state index in [2.05, 4.69) is 5.27 Å². The van der Waals surface area contributed by atoms with E-state index in [1.165, 1.54) is 0 Å². The molecule has 0 spiro atoms. The number of hydrogen-bond acceptors (Lipinski definition) is 2. The van der Waals surface area contributed by atoms with Gasteiger partial charge in [0.2, 0.25) is 5.69 Å². The molecule has 19 heavy (non-hydrogen) atoms. The maximum atomic E-state index is 11.9. The van der Waals surface area contributed by atoms with E-state index in [1.807, 2.05) is 61.5 Å². The molecule has 3 rings (SSSR count). The van der Waals surface area contributed by atoms with E-state index >= 15 is 0 Å². The number of nitrogens with one attached hydrogen (secondary N) is 1. The molecule has 0 fully saturated rings. The van der Waals surface area contributed by atoms with Crippen LogP contribution in [0.2, 0.25) is 0 Å². The molecule has 0 saturated heterocycles. The lowest BCUT2D eigenvalue weighted by molar-refractivity contribution is -0.660. The molecule has 3 aromatic rings. The second kappa shape index (κ2) is 4.57. The third-order valence-corrected chi connectivity index (χ3v) is 3.06. The first-order chi connectivity index (χ1) is 9.27. The van der Waals surface area contributed by atoms with Gasteiger partial charge in [0.05, 0.1) is 5.56 Å². The van der Waals surface area contributed by atoms with Gasteiger partial charge < -0.3 is 0 Å². The number of aromatic amines is 1. The number of rotatable bonds is 2. The third-order valence-electron chi connectivity index (χ3n) is 3.06. The molecule has 0 aliphatic heterocycles. The molecular formula is C15H13N2O2+. The number of aryl methyl sites for hydroxylation is 1. The minimum Gasteiger partial charge on any atom is -0.282 e. The van der Waals surface area contributed by atoms with Gasteiger partial charge in [-0.05, 0) is 28.5 Å². The second-order valence-electron chi connectivity index (χ2n) is 4.32. The van der Waals surface area contributed by atoms with Gasteiger partial charge in [-0.25, -0.2) is 4.79 Å². The largest absolute Gasteiger partial charge is 0.435 e. The van der Waals surface area contributed by atoms with E-state index in [0.717, 1.165) is 16.8 Å². The summed E-state index contributed by atoms with van der Waals surface area (Å²) in [6.07, 6.45) is 0. The maximum Gasteiger partial charge on any atom is 0.435 e. The van der Waals surface area contributed by atoms with Gasteiger partial charge in [-0.3, -0.25) is 4.52 Å². The minimum absolute atomic E-state index is 0.377. The second-order valence-corrected chi connectivity index (χ2v) is 4.32. The number of aromatic nitrogens is 2. The topological polar surface area (TPSA) is 49.9 Å². The first kappa shape index (κ1) is 11.5. The molecule has 1 heterocycles. The fourth-order valence-electron chi connectivity index (χ4n) is 2.10. The molecule has 4 nitrogen and oxygen atoms in total. The SMILES string of the molecule is Cc1ccccc1-c1c(=O)o[nH][n+]1-c1ccccc1. The molecular weight excluding hydrogens is 240 g/mol. The van der Waals surface area contributed by atoms with Crippen molar-refractivity contribution < 1.29 is 9.20 Å². The smallest absolute Gasteiger partial charge is 0.282 e. The number of para-hydroxylation sites is 1. The molecule has 2 aromatic carbocycles. The summed E-state index contributed by atoms with van der Waals surface area (Å²) >= 11 is 0. The Kier molecular flexibility index (Phi) is 2.76. The van der Waals surface area contributed by atoms with E-state index in [-0.39, 0.29) is 5.63 Å². The van der Waals surface area contributed by atoms with Gasteiger partial charge in [0.1, 0.15) is 0 Å². The summed E-state index contributed by atoms with van der Waals surface area (Å²) < 4.78 is 6.60. The van der Waals surface area contributed by atoms with Crippen molar-refractivity contribution in [1.82, 2.24) is 5.27 Å². The van der Waals surface area contributed by atoms with Crippen LogP contribution in [0.1, 0.15) is 5.56 Å². The quantitative estimate of drug-likeness (QED) is 0.712. The van der Waals surface area contributed by atoms with Gasteiger partial charge in [-0.2, -0.15) is 0 Å². The summed E-state index contributed by atoms with van der Waals surface area (Å²) in [7, 11) is 0. The lowest BCUT2D eigenvalue weighted by Gasteiger charge is -1.98. The summed E-state index contributed by atoms with van der Waals surface area (Å²) in [6.45, 7) is 1.97. The van der Waals surface area contributed by atoms with Crippen LogP contribution < -0.4 is 10.3 Å². The molecule has 0 radical (unpaired) electrons. The Morgan fingerprint density at radius 1 is 1.00 bits per heavy atom. The third kappa shape index (κ3) is 1.97. The molecule has 4 heteroatoms. The molecule has 0 aliphatic rings. The van der Waals surface area contributed by atoms with Gasteiger partial charge in [-0.15, -0.1) is 0 Å². The zero-order valence-electron chi connectivity index (χ0n) is 10.5. The predicted octanol–water partition coefficient (Wildman–Crippen LogP) is 2.22. The zero-order chi connectivity index (χ0) is 13.2. The highest BCUT2D eigenvalue weighted by molar-refractivity contribution is 5.59. The fourth-order valence-corrected chi connectivity index (χ4v) is 2.10. The molecule has 1 N–H and O–H groups in total. The average Bonchev–Trinajstić information content (AvgIpc) is 2.82. The van der Waals surface area contributed by atoms with Crippen LogP contribution in [0, 0.1) is 6.92 Å². The van der Waals surface area contributed by atoms with E-state index in [1.54, 1.807) is 4.68 Å². The van der Waals surface area contributed by atoms with Gasteiger partial charge in [-0.1, -0.05) is 36.4 Å². The van der Waals surface area contributed by atoms with Gasteiger partial charge in [0, 0.05) is 12.1 Å². The molecule has 0 amide bonds. The van der Waals surface area contributed by atoms with Crippen LogP contribution in [-0.2, 0) is 0 Å². The van der Waals surface area contributed by atoms with Crippen LogP contribution in [0.25, 0.3) is 16.9 Å². The van der Waals surface area contributed by atoms with E-state index < -0.39 is 0 Å². The normalized spacial score (nSPS) is 10.6. The number of nitrogens with zero attached hydrogens (tertiary/aromatic N) is 1. The van der Waals surface area contributed by atoms with Gasteiger partial charge >= 0.3 is 11.3 Å². The van der Waals surface area contributed by atoms with Crippen LogP contribution in [0.15, 0.2) is 63.9 Å². The lowest BCUT2D eigenvalue weighted by Crippen LogP contribution is -2.36. The van der Waals surface area contributed by atoms with Crippen LogP contribution >= 0.6 is 0 Å². The van der Waals surface area contributed by atoms with Crippen molar-refractivity contribution in [3.63, 3.8) is 0 Å². The van der Waals surface area contributed by atoms with Crippen LogP contribution in [0.3, 0.4) is 0 Å². The van der Waals surface area contributed by atoms with Crippen molar-refractivity contribution in [3.05, 3.63) is 70.6 Å². The standard InChI is InChI=1S/C15H12N2O2/c1-11-7-5-6-10-13(11)14-15(18)19-16-17(14)12-8-3-2-4-9-12/h2-10H,1H3/p+1. The van der Waals surface area contributed by atoms with Crippen LogP contribution in [0.4, 0.5) is 0 Å². The van der Waals surface area contributed by atoms with Gasteiger partial charge in [0.15, 0.2) is 0 Å². The highest BCUT2D eigenvalue weighted by Gasteiger charge is 2.25. The summed E-state index contributed by atoms with van der Waals surface area (Å²) in [5.74, 6) is 0. The lowest BCUT2D eigenvalue weighted by atomic mass is 10.1. The summed E-state index contributed by atoms with van der Waals surface area (Å²) in [5, 5.41) is 2.65. The molecule has 0 unspecified atom stereocenters. The Bertz CT molecular complexity index is 757. The summed E-state index contributed by atoms with van der Waals surface area (Å²) in [6, 6.07) is 17.3. The zero-order valence-corrected chi connectivity index (χ0v) is 10.5. The van der Waals surface area contributed by atoms with Crippen molar-refractivity contribution >= 4 is 0 Å². The van der Waals surface area contributed by atoms with E-state index in [9.17, 15) is 4.79 Å². The highest BCUT2D eigenvalue weighted by Crippen LogP contribution is 2.17. The number of H-pyrrole nitrogens is 1. The summed E-state index contributed by atoms with van der Waals surface area (Å²) in [5.41, 5.74) is 2.87. The minimum atomic E-state index is -0.377. The predicted molar refractivity (Wildman–Crippen MR) is 71.0 cm³/mol. The molecule has 0 saturated carbocycles. The van der Waals surface area contributed by atoms with Crippen LogP contribution in [0.5, 0.6) is 0 Å². The van der Waals surface area contributed by atoms with E-state index in [0.29, 0.717) is 5.69 Å². The first-order valence-electron chi connectivity index (χ1n) is 6.02. The van der Waals surface area contributed by atoms with Crippen molar-refractivity contribution in [1.29, 1.82) is 0 Å². The Balaban J connectivity index is 2.26. The van der Waals surface area contributed by atoms with Gasteiger partial charge in [0.25, 0.3) is 0 Å². The highest BCUT2D eigenvalue weighted by atomic mass is 16.5. The molecule has 0 atom stereocenters. The molecule has 1 aromatic heterocycles. The first-order valence-corrected chi connectivity index (χ1v) is 6.02.